The van der Waals surface area contributed by atoms with E-state index in [1.54, 1.807) is 0 Å². The topological polar surface area (TPSA) is 36.4 Å². The lowest BCUT2D eigenvalue weighted by Gasteiger charge is -2.38. The summed E-state index contributed by atoms with van der Waals surface area (Å²) in [6.45, 7) is 3.54. The molecule has 0 atom stereocenters. The lowest BCUT2D eigenvalue weighted by molar-refractivity contribution is -0.113. The van der Waals surface area contributed by atoms with Crippen LogP contribution in [0.1, 0.15) is 59.8 Å². The van der Waals surface area contributed by atoms with Crippen molar-refractivity contribution in [2.45, 2.75) is 37.5 Å². The van der Waals surface area contributed by atoms with Crippen LogP contribution in [0.2, 0.25) is 0 Å². The maximum Gasteiger partial charge on any atom is 0.209 e. The number of hydrogen-bond donors (Lipinski definition) is 0. The number of Topliss-reactive ketones (excluding diaryl/α,β-unsaturated/α-hetero) is 1. The van der Waals surface area contributed by atoms with E-state index in [0.29, 0.717) is 5.92 Å². The van der Waals surface area contributed by atoms with Crippen molar-refractivity contribution in [1.29, 1.82) is 0 Å². The molecule has 3 fully saturated rings. The lowest BCUT2D eigenvalue weighted by Crippen LogP contribution is -2.47. The van der Waals surface area contributed by atoms with Gasteiger partial charge < -0.3 is 9.80 Å². The molecule has 1 aromatic carbocycles. The van der Waals surface area contributed by atoms with E-state index in [9.17, 15) is 4.79 Å². The van der Waals surface area contributed by atoms with Crippen LogP contribution in [0.15, 0.2) is 60.0 Å². The Bertz CT molecular complexity index is 1220. The summed E-state index contributed by atoms with van der Waals surface area (Å²) in [4.78, 5) is 23.0. The van der Waals surface area contributed by atoms with Gasteiger partial charge in [-0.2, -0.15) is 0 Å². The number of piperazine rings is 1. The normalized spacial score (nSPS) is 22.2. The quantitative estimate of drug-likeness (QED) is 0.703. The van der Waals surface area contributed by atoms with Gasteiger partial charge in [0.2, 0.25) is 5.78 Å². The second kappa shape index (κ2) is 6.93. The Hall–Kier alpha value is -3.14. The zero-order valence-corrected chi connectivity index (χ0v) is 18.3. The van der Waals surface area contributed by atoms with E-state index in [1.807, 2.05) is 18.2 Å². The number of allylic oxidation sites excluding steroid dienone is 4. The number of carbonyl (C=O) groups excluding carboxylic acids is 1. The van der Waals surface area contributed by atoms with Gasteiger partial charge in [0, 0.05) is 37.9 Å². The van der Waals surface area contributed by atoms with Crippen molar-refractivity contribution in [2.75, 3.05) is 31.1 Å². The molecule has 32 heavy (non-hydrogen) atoms. The Kier molecular flexibility index (Phi) is 3.99. The van der Waals surface area contributed by atoms with E-state index in [4.69, 9.17) is 4.98 Å². The van der Waals surface area contributed by atoms with Gasteiger partial charge in [0.15, 0.2) is 0 Å². The molecule has 4 nitrogen and oxygen atoms in total. The summed E-state index contributed by atoms with van der Waals surface area (Å²) in [7, 11) is 0. The fourth-order valence-electron chi connectivity index (χ4n) is 5.49. The molecule has 4 heteroatoms. The van der Waals surface area contributed by atoms with Crippen molar-refractivity contribution in [1.82, 2.24) is 9.88 Å². The van der Waals surface area contributed by atoms with E-state index < -0.39 is 0 Å². The second-order valence-corrected chi connectivity index (χ2v) is 9.81. The summed E-state index contributed by atoms with van der Waals surface area (Å²) in [5.41, 5.74) is 7.99. The molecule has 2 saturated carbocycles. The molecule has 0 radical (unpaired) electrons. The number of pyridine rings is 1. The molecule has 4 aliphatic carbocycles. The fraction of sp³-hybridized carbons (Fsp3) is 0.357. The highest BCUT2D eigenvalue weighted by Gasteiger charge is 2.35. The van der Waals surface area contributed by atoms with E-state index in [2.05, 4.69) is 46.3 Å². The van der Waals surface area contributed by atoms with E-state index in [0.717, 1.165) is 54.5 Å². The van der Waals surface area contributed by atoms with Crippen LogP contribution >= 0.6 is 0 Å². The molecular formula is C28H27N3O. The zero-order valence-electron chi connectivity index (χ0n) is 18.3. The van der Waals surface area contributed by atoms with Crippen LogP contribution in [0.4, 0.5) is 5.82 Å². The number of benzene rings is 1. The molecule has 0 amide bonds. The number of fused-ring (bicyclic) bond motifs is 3. The number of nitrogens with zero attached hydrogens (tertiary/aromatic N) is 3. The van der Waals surface area contributed by atoms with E-state index >= 15 is 0 Å². The third-order valence-corrected chi connectivity index (χ3v) is 7.63. The van der Waals surface area contributed by atoms with Crippen molar-refractivity contribution in [3.63, 3.8) is 0 Å². The summed E-state index contributed by atoms with van der Waals surface area (Å²) < 4.78 is 0. The third kappa shape index (κ3) is 2.96. The number of anilines is 1. The minimum Gasteiger partial charge on any atom is -0.365 e. The summed E-state index contributed by atoms with van der Waals surface area (Å²) in [5, 5.41) is 0. The van der Waals surface area contributed by atoms with Gasteiger partial charge in [0.25, 0.3) is 0 Å². The first-order chi connectivity index (χ1) is 15.8. The Morgan fingerprint density at radius 3 is 2.38 bits per heavy atom. The Balaban J connectivity index is 1.10. The van der Waals surface area contributed by atoms with Crippen LogP contribution < -0.4 is 4.90 Å². The van der Waals surface area contributed by atoms with Crippen LogP contribution in [0, 0.1) is 0 Å². The molecule has 1 aliphatic heterocycles. The van der Waals surface area contributed by atoms with E-state index in [1.165, 1.54) is 48.2 Å². The van der Waals surface area contributed by atoms with Gasteiger partial charge in [-0.3, -0.25) is 4.79 Å². The van der Waals surface area contributed by atoms with Gasteiger partial charge in [-0.05, 0) is 77.5 Å². The average molecular weight is 422 g/mol. The molecule has 5 aliphatic rings. The number of aromatic nitrogens is 1. The highest BCUT2D eigenvalue weighted by molar-refractivity contribution is 6.25. The molecule has 0 bridgehead atoms. The number of carbonyl (C=O) groups is 1. The minimum atomic E-state index is 0.165. The van der Waals surface area contributed by atoms with Crippen LogP contribution in [-0.2, 0) is 4.79 Å². The average Bonchev–Trinajstić information content (AvgIpc) is 3.76. The largest absolute Gasteiger partial charge is 0.365 e. The predicted octanol–water partition coefficient (Wildman–Crippen LogP) is 4.91. The molecule has 7 rings (SSSR count). The highest BCUT2D eigenvalue weighted by Crippen LogP contribution is 2.47. The van der Waals surface area contributed by atoms with Gasteiger partial charge in [0.1, 0.15) is 5.82 Å². The first-order valence-electron chi connectivity index (χ1n) is 12.0. The van der Waals surface area contributed by atoms with Crippen molar-refractivity contribution in [2.24, 2.45) is 0 Å². The molecule has 2 aromatic rings. The standard InChI is InChI=1S/C28H27N3O/c32-27-25-15-20-3-1-2-4-22(20)23(25)9-10-26(27)30-11-13-31(14-12-30)28-24(19-7-8-19)16-21(17-29-28)18-5-6-18/h1-4,9-10,15-19H,5-8,11-14H2. The fourth-order valence-corrected chi connectivity index (χ4v) is 5.49. The van der Waals surface area contributed by atoms with Crippen molar-refractivity contribution >= 4 is 23.3 Å². The predicted molar refractivity (Wildman–Crippen MR) is 127 cm³/mol. The molecule has 1 aromatic heterocycles. The van der Waals surface area contributed by atoms with Crippen molar-refractivity contribution in [3.05, 3.63) is 82.2 Å². The number of rotatable bonds is 4. The third-order valence-electron chi connectivity index (χ3n) is 7.63. The lowest BCUT2D eigenvalue weighted by atomic mass is 9.93. The van der Waals surface area contributed by atoms with Crippen LogP contribution in [-0.4, -0.2) is 41.8 Å². The van der Waals surface area contributed by atoms with Crippen LogP contribution in [0.5, 0.6) is 0 Å². The minimum absolute atomic E-state index is 0.165. The molecule has 0 unspecified atom stereocenters. The summed E-state index contributed by atoms with van der Waals surface area (Å²) >= 11 is 0. The molecule has 2 heterocycles. The molecular weight excluding hydrogens is 394 g/mol. The van der Waals surface area contributed by atoms with Crippen molar-refractivity contribution in [3.8, 4) is 0 Å². The second-order valence-electron chi connectivity index (χ2n) is 9.81. The van der Waals surface area contributed by atoms with Crippen LogP contribution in [0.3, 0.4) is 0 Å². The first kappa shape index (κ1) is 18.4. The molecule has 0 N–H and O–H groups in total. The Morgan fingerprint density at radius 1 is 0.844 bits per heavy atom. The van der Waals surface area contributed by atoms with Gasteiger partial charge >= 0.3 is 0 Å². The molecule has 160 valence electrons. The van der Waals surface area contributed by atoms with E-state index in [-0.39, 0.29) is 5.78 Å². The number of hydrogen-bond acceptors (Lipinski definition) is 4. The number of ketones is 1. The Morgan fingerprint density at radius 2 is 1.59 bits per heavy atom. The molecule has 1 saturated heterocycles. The van der Waals surface area contributed by atoms with Gasteiger partial charge in [-0.15, -0.1) is 0 Å². The monoisotopic (exact) mass is 421 g/mol. The summed E-state index contributed by atoms with van der Waals surface area (Å²) in [6.07, 6.45) is 13.6. The summed E-state index contributed by atoms with van der Waals surface area (Å²) in [6, 6.07) is 10.7. The maximum absolute atomic E-state index is 13.3. The maximum atomic E-state index is 13.3. The van der Waals surface area contributed by atoms with Gasteiger partial charge in [0.05, 0.1) is 5.70 Å². The van der Waals surface area contributed by atoms with Gasteiger partial charge in [-0.1, -0.05) is 36.4 Å². The first-order valence-corrected chi connectivity index (χ1v) is 12.0. The van der Waals surface area contributed by atoms with Crippen LogP contribution in [0.25, 0.3) is 11.6 Å². The Labute approximate surface area is 188 Å². The summed E-state index contributed by atoms with van der Waals surface area (Å²) in [5.74, 6) is 2.81. The van der Waals surface area contributed by atoms with Gasteiger partial charge in [-0.25, -0.2) is 4.98 Å². The SMILES string of the molecule is O=C1C2=Cc3ccccc3C2=CC=C1N1CCN(c2ncc(C3CC3)cc2C2CC2)CC1. The zero-order chi connectivity index (χ0) is 21.2. The van der Waals surface area contributed by atoms with Crippen molar-refractivity contribution < 1.29 is 4.79 Å². The highest BCUT2D eigenvalue weighted by atomic mass is 16.1. The molecule has 0 spiro atoms. The smallest absolute Gasteiger partial charge is 0.209 e.